The van der Waals surface area contributed by atoms with Crippen LogP contribution in [0.1, 0.15) is 11.1 Å². The molecule has 0 aliphatic carbocycles. The summed E-state index contributed by atoms with van der Waals surface area (Å²) in [7, 11) is 0. The first-order valence-corrected chi connectivity index (χ1v) is 4.84. The fraction of sp³-hybridized carbons (Fsp3) is 0.167. The third kappa shape index (κ3) is 1.52. The zero-order valence-corrected chi connectivity index (χ0v) is 8.77. The van der Waals surface area contributed by atoms with Gasteiger partial charge in [0.25, 0.3) is 0 Å². The molecule has 80 valence electrons. The second kappa shape index (κ2) is 3.70. The highest BCUT2D eigenvalue weighted by atomic mass is 16.4. The van der Waals surface area contributed by atoms with E-state index in [0.717, 1.165) is 16.5 Å². The van der Waals surface area contributed by atoms with Gasteiger partial charge in [-0.05, 0) is 12.5 Å². The van der Waals surface area contributed by atoms with E-state index in [2.05, 4.69) is 6.07 Å². The van der Waals surface area contributed by atoms with E-state index in [1.54, 1.807) is 10.8 Å². The highest BCUT2D eigenvalue weighted by molar-refractivity contribution is 5.89. The van der Waals surface area contributed by atoms with Crippen molar-refractivity contribution in [3.8, 4) is 6.07 Å². The molecule has 0 saturated carbocycles. The Kier molecular flexibility index (Phi) is 2.37. The molecular formula is C12H10N2O2. The number of rotatable bonds is 2. The van der Waals surface area contributed by atoms with Crippen LogP contribution in [-0.2, 0) is 11.3 Å². The summed E-state index contributed by atoms with van der Waals surface area (Å²) >= 11 is 0. The molecule has 1 aromatic carbocycles. The Morgan fingerprint density at radius 2 is 2.31 bits per heavy atom. The molecule has 0 atom stereocenters. The molecule has 4 nitrogen and oxygen atoms in total. The Bertz CT molecular complexity index is 605. The quantitative estimate of drug-likeness (QED) is 0.830. The van der Waals surface area contributed by atoms with Crippen LogP contribution in [0.2, 0.25) is 0 Å². The Balaban J connectivity index is 2.75. The van der Waals surface area contributed by atoms with Gasteiger partial charge in [-0.15, -0.1) is 0 Å². The Hall–Kier alpha value is -2.28. The third-order valence-corrected chi connectivity index (χ3v) is 2.53. The molecule has 0 radical (unpaired) electrons. The summed E-state index contributed by atoms with van der Waals surface area (Å²) < 4.78 is 1.60. The molecule has 0 saturated heterocycles. The van der Waals surface area contributed by atoms with E-state index in [0.29, 0.717) is 5.56 Å². The number of hydrogen-bond donors (Lipinski definition) is 1. The number of carboxylic acids is 1. The van der Waals surface area contributed by atoms with Crippen molar-refractivity contribution in [3.05, 3.63) is 35.5 Å². The smallest absolute Gasteiger partial charge is 0.323 e. The van der Waals surface area contributed by atoms with Crippen molar-refractivity contribution in [1.82, 2.24) is 4.57 Å². The van der Waals surface area contributed by atoms with Gasteiger partial charge in [0.1, 0.15) is 12.6 Å². The number of nitriles is 1. The molecule has 1 aromatic heterocycles. The highest BCUT2D eigenvalue weighted by Crippen LogP contribution is 2.23. The van der Waals surface area contributed by atoms with E-state index >= 15 is 0 Å². The number of hydrogen-bond acceptors (Lipinski definition) is 2. The minimum atomic E-state index is -0.912. The number of carbonyl (C=O) groups is 1. The van der Waals surface area contributed by atoms with Crippen molar-refractivity contribution in [2.75, 3.05) is 0 Å². The summed E-state index contributed by atoms with van der Waals surface area (Å²) in [5.41, 5.74) is 2.31. The van der Waals surface area contributed by atoms with Crippen LogP contribution in [-0.4, -0.2) is 15.6 Å². The summed E-state index contributed by atoms with van der Waals surface area (Å²) in [5, 5.41) is 18.6. The number of aryl methyl sites for hydroxylation is 1. The van der Waals surface area contributed by atoms with Crippen LogP contribution < -0.4 is 0 Å². The van der Waals surface area contributed by atoms with Gasteiger partial charge in [-0.2, -0.15) is 5.26 Å². The largest absolute Gasteiger partial charge is 0.480 e. The van der Waals surface area contributed by atoms with E-state index in [9.17, 15) is 4.79 Å². The van der Waals surface area contributed by atoms with E-state index in [4.69, 9.17) is 10.4 Å². The number of carboxylic acid groups (broad SMARTS) is 1. The Labute approximate surface area is 92.3 Å². The number of nitrogens with zero attached hydrogens (tertiary/aromatic N) is 2. The zero-order chi connectivity index (χ0) is 11.7. The van der Waals surface area contributed by atoms with Crippen LogP contribution in [0.5, 0.6) is 0 Å². The van der Waals surface area contributed by atoms with Crippen molar-refractivity contribution in [1.29, 1.82) is 5.26 Å². The number of aromatic nitrogens is 1. The lowest BCUT2D eigenvalue weighted by Gasteiger charge is -2.03. The molecule has 0 aliphatic heterocycles. The first kappa shape index (κ1) is 10.2. The maximum absolute atomic E-state index is 10.7. The van der Waals surface area contributed by atoms with Gasteiger partial charge in [0.05, 0.1) is 11.1 Å². The van der Waals surface area contributed by atoms with E-state index in [-0.39, 0.29) is 6.54 Å². The predicted molar refractivity (Wildman–Crippen MR) is 59.0 cm³/mol. The molecule has 0 spiro atoms. The van der Waals surface area contributed by atoms with E-state index in [1.807, 2.05) is 25.1 Å². The number of fused-ring (bicyclic) bond motifs is 1. The standard InChI is InChI=1S/C12H10N2O2/c1-8-3-2-4-10-9(5-13)6-14(12(8)10)7-11(15)16/h2-4,6H,7H2,1H3,(H,15,16). The first-order chi connectivity index (χ1) is 7.63. The van der Waals surface area contributed by atoms with E-state index in [1.165, 1.54) is 0 Å². The van der Waals surface area contributed by atoms with Crippen LogP contribution in [0.15, 0.2) is 24.4 Å². The number of para-hydroxylation sites is 1. The van der Waals surface area contributed by atoms with Crippen molar-refractivity contribution < 1.29 is 9.90 Å². The SMILES string of the molecule is Cc1cccc2c(C#N)cn(CC(=O)O)c12. The molecule has 2 aromatic rings. The highest BCUT2D eigenvalue weighted by Gasteiger charge is 2.11. The van der Waals surface area contributed by atoms with Crippen molar-refractivity contribution in [2.45, 2.75) is 13.5 Å². The number of benzene rings is 1. The molecule has 1 heterocycles. The van der Waals surface area contributed by atoms with Crippen molar-refractivity contribution >= 4 is 16.9 Å². The van der Waals surface area contributed by atoms with Gasteiger partial charge in [-0.25, -0.2) is 0 Å². The molecule has 2 rings (SSSR count). The molecule has 4 heteroatoms. The van der Waals surface area contributed by atoms with Crippen LogP contribution in [0.3, 0.4) is 0 Å². The topological polar surface area (TPSA) is 66.0 Å². The van der Waals surface area contributed by atoms with Gasteiger partial charge >= 0.3 is 5.97 Å². The summed E-state index contributed by atoms with van der Waals surface area (Å²) in [4.78, 5) is 10.7. The van der Waals surface area contributed by atoms with Gasteiger partial charge in [-0.3, -0.25) is 4.79 Å². The second-order valence-corrected chi connectivity index (χ2v) is 3.65. The fourth-order valence-corrected chi connectivity index (χ4v) is 1.91. The zero-order valence-electron chi connectivity index (χ0n) is 8.77. The van der Waals surface area contributed by atoms with Gasteiger partial charge < -0.3 is 9.67 Å². The molecule has 0 aliphatic rings. The summed E-state index contributed by atoms with van der Waals surface area (Å²) in [5.74, 6) is -0.912. The van der Waals surface area contributed by atoms with Gasteiger partial charge in [0.2, 0.25) is 0 Å². The summed E-state index contributed by atoms with van der Waals surface area (Å²) in [6.07, 6.45) is 1.59. The fourth-order valence-electron chi connectivity index (χ4n) is 1.91. The average Bonchev–Trinajstić information content (AvgIpc) is 2.57. The lowest BCUT2D eigenvalue weighted by molar-refractivity contribution is -0.137. The minimum Gasteiger partial charge on any atom is -0.480 e. The lowest BCUT2D eigenvalue weighted by atomic mass is 10.1. The van der Waals surface area contributed by atoms with Crippen molar-refractivity contribution in [3.63, 3.8) is 0 Å². The van der Waals surface area contributed by atoms with Crippen LogP contribution >= 0.6 is 0 Å². The minimum absolute atomic E-state index is 0.122. The summed E-state index contributed by atoms with van der Waals surface area (Å²) in [6.45, 7) is 1.78. The lowest BCUT2D eigenvalue weighted by Crippen LogP contribution is -2.07. The normalized spacial score (nSPS) is 10.2. The maximum atomic E-state index is 10.7. The van der Waals surface area contributed by atoms with Crippen LogP contribution in [0, 0.1) is 18.3 Å². The molecule has 0 amide bonds. The number of aliphatic carboxylic acids is 1. The second-order valence-electron chi connectivity index (χ2n) is 3.65. The van der Waals surface area contributed by atoms with E-state index < -0.39 is 5.97 Å². The monoisotopic (exact) mass is 214 g/mol. The molecule has 1 N–H and O–H groups in total. The molecule has 0 fully saturated rings. The third-order valence-electron chi connectivity index (χ3n) is 2.53. The maximum Gasteiger partial charge on any atom is 0.323 e. The first-order valence-electron chi connectivity index (χ1n) is 4.84. The summed E-state index contributed by atoms with van der Waals surface area (Å²) in [6, 6.07) is 7.68. The van der Waals surface area contributed by atoms with Gasteiger partial charge in [-0.1, -0.05) is 18.2 Å². The van der Waals surface area contributed by atoms with Crippen LogP contribution in [0.4, 0.5) is 0 Å². The Morgan fingerprint density at radius 3 is 2.94 bits per heavy atom. The molecular weight excluding hydrogens is 204 g/mol. The Morgan fingerprint density at radius 1 is 1.56 bits per heavy atom. The predicted octanol–water partition coefficient (Wildman–Crippen LogP) is 1.91. The van der Waals surface area contributed by atoms with Crippen LogP contribution in [0.25, 0.3) is 10.9 Å². The van der Waals surface area contributed by atoms with Crippen molar-refractivity contribution in [2.24, 2.45) is 0 Å². The van der Waals surface area contributed by atoms with Gasteiger partial charge in [0.15, 0.2) is 0 Å². The average molecular weight is 214 g/mol. The van der Waals surface area contributed by atoms with Gasteiger partial charge in [0, 0.05) is 11.6 Å². The molecule has 16 heavy (non-hydrogen) atoms. The molecule has 0 unspecified atom stereocenters. The molecule has 0 bridgehead atoms.